The van der Waals surface area contributed by atoms with Crippen LogP contribution in [0.25, 0.3) is 0 Å². The Morgan fingerprint density at radius 3 is 2.92 bits per heavy atom. The van der Waals surface area contributed by atoms with Crippen molar-refractivity contribution in [3.8, 4) is 6.07 Å². The number of hydrogen-bond donors (Lipinski definition) is 0. The fraction of sp³-hybridized carbons (Fsp3) is 0.333. The minimum absolute atomic E-state index is 0.485. The second-order valence-corrected chi connectivity index (χ2v) is 3.35. The molecule has 0 radical (unpaired) electrons. The third kappa shape index (κ3) is 1.17. The molecule has 2 rings (SSSR count). The second-order valence-electron chi connectivity index (χ2n) is 2.94. The highest BCUT2D eigenvalue weighted by atomic mass is 35.5. The van der Waals surface area contributed by atoms with Gasteiger partial charge in [-0.2, -0.15) is 5.26 Å². The van der Waals surface area contributed by atoms with E-state index in [1.165, 1.54) is 0 Å². The molecule has 1 fully saturated rings. The van der Waals surface area contributed by atoms with E-state index in [9.17, 15) is 0 Å². The zero-order valence-corrected chi connectivity index (χ0v) is 7.17. The van der Waals surface area contributed by atoms with Crippen LogP contribution in [-0.4, -0.2) is 4.98 Å². The molecular weight excluding hydrogens is 172 g/mol. The lowest BCUT2D eigenvalue weighted by molar-refractivity contribution is 1.01. The number of pyridine rings is 1. The first-order valence-corrected chi connectivity index (χ1v) is 4.25. The van der Waals surface area contributed by atoms with Crippen LogP contribution in [0.15, 0.2) is 12.3 Å². The molecule has 1 saturated carbocycles. The van der Waals surface area contributed by atoms with Gasteiger partial charge in [0.05, 0.1) is 16.3 Å². The van der Waals surface area contributed by atoms with Crippen molar-refractivity contribution < 1.29 is 0 Å². The first-order chi connectivity index (χ1) is 5.83. The fourth-order valence-corrected chi connectivity index (χ4v) is 1.43. The van der Waals surface area contributed by atoms with Crippen molar-refractivity contribution in [3.05, 3.63) is 28.5 Å². The van der Waals surface area contributed by atoms with Gasteiger partial charge in [-0.15, -0.1) is 0 Å². The van der Waals surface area contributed by atoms with Crippen LogP contribution >= 0.6 is 11.6 Å². The Bertz CT molecular complexity index is 350. The Balaban J connectivity index is 2.53. The molecule has 0 atom stereocenters. The van der Waals surface area contributed by atoms with Gasteiger partial charge in [0.1, 0.15) is 6.07 Å². The van der Waals surface area contributed by atoms with E-state index in [2.05, 4.69) is 11.1 Å². The summed E-state index contributed by atoms with van der Waals surface area (Å²) in [6, 6.07) is 3.75. The Hall–Kier alpha value is -1.07. The fourth-order valence-electron chi connectivity index (χ4n) is 1.23. The first-order valence-electron chi connectivity index (χ1n) is 3.87. The second kappa shape index (κ2) is 2.76. The highest BCUT2D eigenvalue weighted by Gasteiger charge is 2.28. The minimum atomic E-state index is 0.485. The van der Waals surface area contributed by atoms with Crippen LogP contribution in [-0.2, 0) is 0 Å². The van der Waals surface area contributed by atoms with E-state index in [-0.39, 0.29) is 0 Å². The molecule has 0 bridgehead atoms. The quantitative estimate of drug-likeness (QED) is 0.663. The number of aromatic nitrogens is 1. The van der Waals surface area contributed by atoms with Gasteiger partial charge in [-0.25, -0.2) is 0 Å². The Morgan fingerprint density at radius 1 is 1.58 bits per heavy atom. The summed E-state index contributed by atoms with van der Waals surface area (Å²) in [5.74, 6) is 0.485. The smallest absolute Gasteiger partial charge is 0.103 e. The van der Waals surface area contributed by atoms with Gasteiger partial charge in [-0.1, -0.05) is 11.6 Å². The summed E-state index contributed by atoms with van der Waals surface area (Å²) >= 11 is 5.84. The van der Waals surface area contributed by atoms with Crippen molar-refractivity contribution in [3.63, 3.8) is 0 Å². The van der Waals surface area contributed by atoms with Crippen LogP contribution in [0, 0.1) is 11.3 Å². The van der Waals surface area contributed by atoms with E-state index < -0.39 is 0 Å². The minimum Gasteiger partial charge on any atom is -0.260 e. The monoisotopic (exact) mass is 178 g/mol. The summed E-state index contributed by atoms with van der Waals surface area (Å²) in [4.78, 5) is 4.17. The van der Waals surface area contributed by atoms with Crippen molar-refractivity contribution in [1.82, 2.24) is 4.98 Å². The molecule has 2 nitrogen and oxygen atoms in total. The molecule has 1 aromatic heterocycles. The largest absolute Gasteiger partial charge is 0.260 e. The van der Waals surface area contributed by atoms with Gasteiger partial charge in [0.15, 0.2) is 0 Å². The Morgan fingerprint density at radius 2 is 2.33 bits per heavy atom. The van der Waals surface area contributed by atoms with E-state index >= 15 is 0 Å². The van der Waals surface area contributed by atoms with Crippen molar-refractivity contribution in [2.45, 2.75) is 18.8 Å². The number of hydrogen-bond acceptors (Lipinski definition) is 2. The SMILES string of the molecule is N#Cc1c(Cl)ccnc1C1CC1. The summed E-state index contributed by atoms with van der Waals surface area (Å²) in [5.41, 5.74) is 1.44. The average molecular weight is 179 g/mol. The number of rotatable bonds is 1. The van der Waals surface area contributed by atoms with Gasteiger partial charge >= 0.3 is 0 Å². The maximum atomic E-state index is 8.80. The Labute approximate surface area is 75.8 Å². The summed E-state index contributed by atoms with van der Waals surface area (Å²) < 4.78 is 0. The van der Waals surface area contributed by atoms with Crippen LogP contribution in [0.3, 0.4) is 0 Å². The first kappa shape index (κ1) is 7.57. The van der Waals surface area contributed by atoms with Crippen molar-refractivity contribution in [2.24, 2.45) is 0 Å². The molecule has 1 heterocycles. The van der Waals surface area contributed by atoms with Crippen molar-refractivity contribution >= 4 is 11.6 Å². The maximum Gasteiger partial charge on any atom is 0.103 e. The predicted molar refractivity (Wildman–Crippen MR) is 45.9 cm³/mol. The van der Waals surface area contributed by atoms with Gasteiger partial charge in [0.2, 0.25) is 0 Å². The van der Waals surface area contributed by atoms with Crippen LogP contribution < -0.4 is 0 Å². The van der Waals surface area contributed by atoms with Gasteiger partial charge in [-0.05, 0) is 18.9 Å². The molecular formula is C9H7ClN2. The summed E-state index contributed by atoms with van der Waals surface area (Å²) in [6.45, 7) is 0. The van der Waals surface area contributed by atoms with Crippen LogP contribution in [0.4, 0.5) is 0 Å². The lowest BCUT2D eigenvalue weighted by Gasteiger charge is -2.00. The summed E-state index contributed by atoms with van der Waals surface area (Å²) in [5, 5.41) is 9.32. The molecule has 0 aliphatic heterocycles. The topological polar surface area (TPSA) is 36.7 Å². The standard InChI is InChI=1S/C9H7ClN2/c10-8-3-4-12-9(6-1-2-6)7(8)5-11/h3-4,6H,1-2H2. The number of nitriles is 1. The number of nitrogens with zero attached hydrogens (tertiary/aromatic N) is 2. The lowest BCUT2D eigenvalue weighted by Crippen LogP contribution is -1.91. The predicted octanol–water partition coefficient (Wildman–Crippen LogP) is 2.48. The molecule has 0 unspecified atom stereocenters. The molecule has 1 aliphatic carbocycles. The molecule has 1 aliphatic rings. The molecule has 0 aromatic carbocycles. The highest BCUT2D eigenvalue weighted by molar-refractivity contribution is 6.31. The lowest BCUT2D eigenvalue weighted by atomic mass is 10.1. The van der Waals surface area contributed by atoms with Gasteiger partial charge in [0, 0.05) is 12.1 Å². The third-order valence-electron chi connectivity index (χ3n) is 2.01. The highest BCUT2D eigenvalue weighted by Crippen LogP contribution is 2.41. The van der Waals surface area contributed by atoms with Gasteiger partial charge in [0.25, 0.3) is 0 Å². The number of halogens is 1. The summed E-state index contributed by atoms with van der Waals surface area (Å²) in [6.07, 6.45) is 3.95. The molecule has 60 valence electrons. The van der Waals surface area contributed by atoms with Crippen molar-refractivity contribution in [1.29, 1.82) is 5.26 Å². The van der Waals surface area contributed by atoms with Crippen molar-refractivity contribution in [2.75, 3.05) is 0 Å². The van der Waals surface area contributed by atoms with E-state index in [1.807, 2.05) is 0 Å². The molecule has 0 spiro atoms. The Kier molecular flexibility index (Phi) is 1.74. The zero-order chi connectivity index (χ0) is 8.55. The normalized spacial score (nSPS) is 15.7. The average Bonchev–Trinajstić information content (AvgIpc) is 2.86. The van der Waals surface area contributed by atoms with Crippen LogP contribution in [0.1, 0.15) is 30.0 Å². The molecule has 0 saturated heterocycles. The van der Waals surface area contributed by atoms with Gasteiger partial charge in [-0.3, -0.25) is 4.98 Å². The molecule has 0 N–H and O–H groups in total. The van der Waals surface area contributed by atoms with E-state index in [0.717, 1.165) is 18.5 Å². The van der Waals surface area contributed by atoms with E-state index in [4.69, 9.17) is 16.9 Å². The van der Waals surface area contributed by atoms with Crippen LogP contribution in [0.2, 0.25) is 5.02 Å². The molecule has 1 aromatic rings. The maximum absolute atomic E-state index is 8.80. The molecule has 12 heavy (non-hydrogen) atoms. The van der Waals surface area contributed by atoms with Crippen LogP contribution in [0.5, 0.6) is 0 Å². The molecule has 0 amide bonds. The summed E-state index contributed by atoms with van der Waals surface area (Å²) in [7, 11) is 0. The zero-order valence-electron chi connectivity index (χ0n) is 6.42. The molecule has 3 heteroatoms. The van der Waals surface area contributed by atoms with E-state index in [0.29, 0.717) is 16.5 Å². The third-order valence-corrected chi connectivity index (χ3v) is 2.32. The van der Waals surface area contributed by atoms with E-state index in [1.54, 1.807) is 12.3 Å². The van der Waals surface area contributed by atoms with Gasteiger partial charge < -0.3 is 0 Å².